The van der Waals surface area contributed by atoms with Crippen molar-refractivity contribution in [2.24, 2.45) is 0 Å². The minimum absolute atomic E-state index is 0.0337. The quantitative estimate of drug-likeness (QED) is 0.167. The van der Waals surface area contributed by atoms with Crippen LogP contribution in [0.4, 0.5) is 0 Å². The number of rotatable bonds is 12. The van der Waals surface area contributed by atoms with Gasteiger partial charge in [0.2, 0.25) is 10.0 Å². The van der Waals surface area contributed by atoms with Gasteiger partial charge in [0, 0.05) is 11.4 Å². The first kappa shape index (κ1) is 29.0. The highest BCUT2D eigenvalue weighted by Crippen LogP contribution is 2.28. The zero-order valence-electron chi connectivity index (χ0n) is 20.9. The number of amides is 1. The standard InChI is InChI=1S/C27H29ClN2O8S/c28-21-6-8-22(9-7-21)38-23-10-12-24(13-11-23)39(33,34)30-27(26(31)29-32)15-14-25(37-19-27)36-17-16-35-18-20-4-2-1-3-5-20/h1-13,25,30,32H,14-19H2,(H,29,31). The van der Waals surface area contributed by atoms with Gasteiger partial charge in [0.1, 0.15) is 17.0 Å². The Hall–Kier alpha value is -3.03. The van der Waals surface area contributed by atoms with Crippen molar-refractivity contribution in [3.8, 4) is 11.5 Å². The molecule has 3 aromatic carbocycles. The van der Waals surface area contributed by atoms with Gasteiger partial charge >= 0.3 is 0 Å². The Balaban J connectivity index is 1.31. The lowest BCUT2D eigenvalue weighted by atomic mass is 9.92. The van der Waals surface area contributed by atoms with E-state index >= 15 is 0 Å². The van der Waals surface area contributed by atoms with Crippen molar-refractivity contribution in [2.45, 2.75) is 36.2 Å². The maximum absolute atomic E-state index is 13.1. The molecular weight excluding hydrogens is 548 g/mol. The maximum atomic E-state index is 13.1. The summed E-state index contributed by atoms with van der Waals surface area (Å²) in [5, 5.41) is 9.87. The number of nitrogens with one attached hydrogen (secondary N) is 2. The smallest absolute Gasteiger partial charge is 0.267 e. The number of carbonyl (C=O) groups excluding carboxylic acids is 1. The zero-order chi connectivity index (χ0) is 27.7. The molecule has 0 spiro atoms. The van der Waals surface area contributed by atoms with Crippen LogP contribution in [0.3, 0.4) is 0 Å². The molecule has 1 aliphatic rings. The van der Waals surface area contributed by atoms with Gasteiger partial charge in [0.05, 0.1) is 31.3 Å². The van der Waals surface area contributed by atoms with E-state index in [-0.39, 0.29) is 31.0 Å². The Kier molecular flexibility index (Phi) is 9.92. The maximum Gasteiger partial charge on any atom is 0.267 e. The van der Waals surface area contributed by atoms with Gasteiger partial charge in [-0.3, -0.25) is 10.0 Å². The first-order valence-electron chi connectivity index (χ1n) is 12.2. The Morgan fingerprint density at radius 3 is 2.28 bits per heavy atom. The Morgan fingerprint density at radius 1 is 1.00 bits per heavy atom. The number of ether oxygens (including phenoxy) is 4. The van der Waals surface area contributed by atoms with Gasteiger partial charge < -0.3 is 18.9 Å². The molecule has 2 atom stereocenters. The van der Waals surface area contributed by atoms with Gasteiger partial charge in [-0.1, -0.05) is 41.9 Å². The SMILES string of the molecule is O=C(NO)C1(NS(=O)(=O)c2ccc(Oc3ccc(Cl)cc3)cc2)CCC(OCCOCc2ccccc2)OC1. The first-order chi connectivity index (χ1) is 18.8. The van der Waals surface area contributed by atoms with E-state index in [2.05, 4.69) is 4.72 Å². The topological polar surface area (TPSA) is 132 Å². The van der Waals surface area contributed by atoms with Crippen molar-refractivity contribution in [1.29, 1.82) is 0 Å². The molecule has 4 rings (SSSR count). The molecule has 208 valence electrons. The summed E-state index contributed by atoms with van der Waals surface area (Å²) in [5.41, 5.74) is 0.861. The van der Waals surface area contributed by atoms with Crippen LogP contribution in [0.5, 0.6) is 11.5 Å². The third-order valence-corrected chi connectivity index (χ3v) is 7.82. The van der Waals surface area contributed by atoms with E-state index < -0.39 is 27.8 Å². The monoisotopic (exact) mass is 576 g/mol. The van der Waals surface area contributed by atoms with Gasteiger partial charge in [0.25, 0.3) is 5.91 Å². The van der Waals surface area contributed by atoms with Crippen molar-refractivity contribution in [2.75, 3.05) is 19.8 Å². The van der Waals surface area contributed by atoms with Gasteiger partial charge in [-0.25, -0.2) is 13.9 Å². The highest BCUT2D eigenvalue weighted by atomic mass is 35.5. The van der Waals surface area contributed by atoms with Crippen LogP contribution in [0.15, 0.2) is 83.8 Å². The van der Waals surface area contributed by atoms with E-state index in [0.29, 0.717) is 29.7 Å². The second-order valence-corrected chi connectivity index (χ2v) is 11.0. The highest BCUT2D eigenvalue weighted by Gasteiger charge is 2.46. The second kappa shape index (κ2) is 13.4. The molecule has 10 nitrogen and oxygen atoms in total. The first-order valence-corrected chi connectivity index (χ1v) is 14.0. The van der Waals surface area contributed by atoms with Crippen molar-refractivity contribution in [3.05, 3.63) is 89.4 Å². The molecule has 0 aliphatic carbocycles. The van der Waals surface area contributed by atoms with E-state index in [4.69, 9.17) is 30.5 Å². The van der Waals surface area contributed by atoms with Crippen LogP contribution in [0.2, 0.25) is 5.02 Å². The summed E-state index contributed by atoms with van der Waals surface area (Å²) in [6.45, 7) is 0.700. The van der Waals surface area contributed by atoms with Crippen LogP contribution in [0.25, 0.3) is 0 Å². The number of sulfonamides is 1. The molecule has 1 saturated heterocycles. The predicted molar refractivity (Wildman–Crippen MR) is 142 cm³/mol. The average molecular weight is 577 g/mol. The van der Waals surface area contributed by atoms with Gasteiger partial charge in [0.15, 0.2) is 6.29 Å². The van der Waals surface area contributed by atoms with Crippen LogP contribution in [0, 0.1) is 0 Å². The molecule has 12 heteroatoms. The molecule has 3 aromatic rings. The number of halogens is 1. The Morgan fingerprint density at radius 2 is 1.67 bits per heavy atom. The number of hydroxylamine groups is 1. The number of hydrogen-bond acceptors (Lipinski definition) is 8. The average Bonchev–Trinajstić information content (AvgIpc) is 2.95. The molecule has 1 heterocycles. The van der Waals surface area contributed by atoms with Crippen molar-refractivity contribution < 1.29 is 37.4 Å². The fourth-order valence-electron chi connectivity index (χ4n) is 3.94. The number of carbonyl (C=O) groups is 1. The van der Waals surface area contributed by atoms with Gasteiger partial charge in [-0.2, -0.15) is 4.72 Å². The lowest BCUT2D eigenvalue weighted by Gasteiger charge is -2.38. The van der Waals surface area contributed by atoms with Crippen LogP contribution in [-0.2, 0) is 35.6 Å². The van der Waals surface area contributed by atoms with Crippen LogP contribution < -0.4 is 14.9 Å². The van der Waals surface area contributed by atoms with Gasteiger partial charge in [-0.15, -0.1) is 0 Å². The normalized spacial score (nSPS) is 19.4. The highest BCUT2D eigenvalue weighted by molar-refractivity contribution is 7.89. The number of hydrogen-bond donors (Lipinski definition) is 3. The van der Waals surface area contributed by atoms with Crippen molar-refractivity contribution in [3.63, 3.8) is 0 Å². The summed E-state index contributed by atoms with van der Waals surface area (Å²) in [6.07, 6.45) is -0.409. The van der Waals surface area contributed by atoms with Gasteiger partial charge in [-0.05, 0) is 60.5 Å². The van der Waals surface area contributed by atoms with Crippen LogP contribution in [0.1, 0.15) is 18.4 Å². The second-order valence-electron chi connectivity index (χ2n) is 8.84. The molecule has 2 unspecified atom stereocenters. The van der Waals surface area contributed by atoms with Crippen LogP contribution in [-0.4, -0.2) is 51.2 Å². The van der Waals surface area contributed by atoms with E-state index in [1.54, 1.807) is 29.7 Å². The summed E-state index contributed by atoms with van der Waals surface area (Å²) in [6, 6.07) is 22.1. The molecular formula is C27H29ClN2O8S. The summed E-state index contributed by atoms with van der Waals surface area (Å²) in [7, 11) is -4.17. The summed E-state index contributed by atoms with van der Waals surface area (Å²) in [5.74, 6) is 0.0109. The summed E-state index contributed by atoms with van der Waals surface area (Å²) < 4.78 is 51.3. The fraction of sp³-hybridized carbons (Fsp3) is 0.296. The van der Waals surface area contributed by atoms with Crippen molar-refractivity contribution >= 4 is 27.5 Å². The molecule has 39 heavy (non-hydrogen) atoms. The Bertz CT molecular complexity index is 1310. The number of benzene rings is 3. The molecule has 1 aliphatic heterocycles. The molecule has 0 radical (unpaired) electrons. The molecule has 1 fully saturated rings. The lowest BCUT2D eigenvalue weighted by molar-refractivity contribution is -0.191. The van der Waals surface area contributed by atoms with E-state index in [9.17, 15) is 18.4 Å². The minimum Gasteiger partial charge on any atom is -0.457 e. The predicted octanol–water partition coefficient (Wildman–Crippen LogP) is 4.02. The minimum atomic E-state index is -4.17. The molecule has 0 aromatic heterocycles. The molecule has 3 N–H and O–H groups in total. The van der Waals surface area contributed by atoms with Crippen LogP contribution >= 0.6 is 11.6 Å². The summed E-state index contributed by atoms with van der Waals surface area (Å²) >= 11 is 5.88. The van der Waals surface area contributed by atoms with E-state index in [1.165, 1.54) is 24.3 Å². The van der Waals surface area contributed by atoms with E-state index in [0.717, 1.165) is 5.56 Å². The lowest BCUT2D eigenvalue weighted by Crippen LogP contribution is -2.63. The third kappa shape index (κ3) is 7.99. The Labute approximate surface area is 231 Å². The molecule has 0 bridgehead atoms. The van der Waals surface area contributed by atoms with E-state index in [1.807, 2.05) is 30.3 Å². The third-order valence-electron chi connectivity index (χ3n) is 6.01. The molecule has 0 saturated carbocycles. The zero-order valence-corrected chi connectivity index (χ0v) is 22.5. The molecule has 1 amide bonds. The summed E-state index contributed by atoms with van der Waals surface area (Å²) in [4.78, 5) is 12.5. The fourth-order valence-corrected chi connectivity index (χ4v) is 5.45. The van der Waals surface area contributed by atoms with Crippen molar-refractivity contribution in [1.82, 2.24) is 10.2 Å². The largest absolute Gasteiger partial charge is 0.457 e.